The van der Waals surface area contributed by atoms with E-state index in [2.05, 4.69) is 20.5 Å². The fourth-order valence-corrected chi connectivity index (χ4v) is 4.11. The molecule has 0 aliphatic rings. The second kappa shape index (κ2) is 11.2. The Labute approximate surface area is 232 Å². The van der Waals surface area contributed by atoms with Crippen molar-refractivity contribution in [2.24, 2.45) is 5.41 Å². The van der Waals surface area contributed by atoms with Crippen molar-refractivity contribution in [1.29, 1.82) is 0 Å². The third-order valence-corrected chi connectivity index (χ3v) is 6.56. The molecule has 0 bridgehead atoms. The molecule has 0 saturated carbocycles. The molecule has 0 spiro atoms. The van der Waals surface area contributed by atoms with Crippen molar-refractivity contribution in [1.82, 2.24) is 15.1 Å². The van der Waals surface area contributed by atoms with Gasteiger partial charge in [0.25, 0.3) is 5.91 Å². The van der Waals surface area contributed by atoms with Gasteiger partial charge in [0.05, 0.1) is 45.7 Å². The van der Waals surface area contributed by atoms with Crippen LogP contribution in [0.2, 0.25) is 5.02 Å². The number of rotatable bonds is 8. The van der Waals surface area contributed by atoms with Crippen molar-refractivity contribution in [3.05, 3.63) is 82.5 Å². The second-order valence-corrected chi connectivity index (χ2v) is 10.2. The lowest BCUT2D eigenvalue weighted by atomic mass is 9.93. The van der Waals surface area contributed by atoms with Crippen LogP contribution in [0.25, 0.3) is 16.6 Å². The molecule has 3 aromatic carbocycles. The van der Waals surface area contributed by atoms with Crippen molar-refractivity contribution in [3.63, 3.8) is 0 Å². The van der Waals surface area contributed by atoms with Gasteiger partial charge in [-0.3, -0.25) is 9.59 Å². The highest BCUT2D eigenvalue weighted by atomic mass is 35.5. The molecule has 2 amide bonds. The summed E-state index contributed by atoms with van der Waals surface area (Å²) >= 11 is 6.31. The molecule has 0 fully saturated rings. The molecule has 4 aromatic rings. The maximum Gasteiger partial charge on any atom is 0.573 e. The van der Waals surface area contributed by atoms with Crippen molar-refractivity contribution >= 4 is 40.0 Å². The van der Waals surface area contributed by atoms with E-state index in [9.17, 15) is 27.9 Å². The molecule has 4 rings (SSSR count). The first-order valence-corrected chi connectivity index (χ1v) is 12.5. The summed E-state index contributed by atoms with van der Waals surface area (Å²) in [6.07, 6.45) is -3.26. The molecule has 3 N–H and O–H groups in total. The fourth-order valence-electron chi connectivity index (χ4n) is 3.91. The van der Waals surface area contributed by atoms with Crippen LogP contribution in [0.15, 0.2) is 60.8 Å². The number of fused-ring (bicyclic) bond motifs is 1. The van der Waals surface area contributed by atoms with Crippen LogP contribution in [0.5, 0.6) is 5.75 Å². The number of hydrogen-bond acceptors (Lipinski definition) is 5. The summed E-state index contributed by atoms with van der Waals surface area (Å²) in [5, 5.41) is 20.1. The predicted octanol–water partition coefficient (Wildman–Crippen LogP) is 5.77. The Morgan fingerprint density at radius 2 is 1.85 bits per heavy atom. The van der Waals surface area contributed by atoms with Crippen LogP contribution in [0, 0.1) is 12.3 Å². The zero-order valence-corrected chi connectivity index (χ0v) is 22.5. The van der Waals surface area contributed by atoms with E-state index in [-0.39, 0.29) is 41.0 Å². The fraction of sp³-hybridized carbons (Fsp3) is 0.250. The number of aliphatic hydroxyl groups excluding tert-OH is 1. The Hall–Kier alpha value is -4.09. The maximum absolute atomic E-state index is 13.2. The highest BCUT2D eigenvalue weighted by Gasteiger charge is 2.32. The number of alkyl halides is 3. The molecule has 210 valence electrons. The normalized spacial score (nSPS) is 11.9. The lowest BCUT2D eigenvalue weighted by Gasteiger charge is -2.20. The summed E-state index contributed by atoms with van der Waals surface area (Å²) in [5.74, 6) is -1.13. The lowest BCUT2D eigenvalue weighted by molar-refractivity contribution is -0.274. The van der Waals surface area contributed by atoms with Gasteiger partial charge in [0, 0.05) is 11.9 Å². The molecule has 0 aliphatic carbocycles. The van der Waals surface area contributed by atoms with E-state index in [0.29, 0.717) is 27.8 Å². The van der Waals surface area contributed by atoms with Crippen molar-refractivity contribution in [2.75, 3.05) is 11.9 Å². The number of aromatic nitrogens is 2. The average Bonchev–Trinajstić information content (AvgIpc) is 3.33. The van der Waals surface area contributed by atoms with E-state index in [1.54, 1.807) is 54.9 Å². The van der Waals surface area contributed by atoms with Crippen molar-refractivity contribution in [3.8, 4) is 11.4 Å². The highest BCUT2D eigenvalue weighted by molar-refractivity contribution is 6.34. The monoisotopic (exact) mass is 574 g/mol. The Kier molecular flexibility index (Phi) is 8.08. The Morgan fingerprint density at radius 3 is 2.52 bits per heavy atom. The summed E-state index contributed by atoms with van der Waals surface area (Å²) in [6, 6.07) is 14.2. The van der Waals surface area contributed by atoms with Crippen LogP contribution in [0.1, 0.15) is 35.3 Å². The topological polar surface area (TPSA) is 105 Å². The van der Waals surface area contributed by atoms with E-state index in [0.717, 1.165) is 0 Å². The summed E-state index contributed by atoms with van der Waals surface area (Å²) in [7, 11) is 0. The summed E-state index contributed by atoms with van der Waals surface area (Å²) < 4.78 is 43.5. The predicted molar refractivity (Wildman–Crippen MR) is 145 cm³/mol. The number of aryl methyl sites for hydroxylation is 1. The average molecular weight is 575 g/mol. The number of carbonyl (C=O) groups excluding carboxylic acids is 2. The quantitative estimate of drug-likeness (QED) is 0.248. The minimum atomic E-state index is -4.80. The smallest absolute Gasteiger partial charge is 0.406 e. The van der Waals surface area contributed by atoms with Crippen LogP contribution in [0.3, 0.4) is 0 Å². The van der Waals surface area contributed by atoms with Crippen molar-refractivity contribution < 1.29 is 32.6 Å². The van der Waals surface area contributed by atoms with Crippen LogP contribution in [-0.2, 0) is 11.3 Å². The van der Waals surface area contributed by atoms with Crippen LogP contribution >= 0.6 is 11.6 Å². The van der Waals surface area contributed by atoms with Gasteiger partial charge < -0.3 is 20.5 Å². The van der Waals surface area contributed by atoms with Gasteiger partial charge in [-0.05, 0) is 74.4 Å². The third-order valence-electron chi connectivity index (χ3n) is 6.23. The number of nitrogens with zero attached hydrogens (tertiary/aromatic N) is 2. The Morgan fingerprint density at radius 1 is 1.10 bits per heavy atom. The first-order valence-electron chi connectivity index (χ1n) is 12.1. The first-order chi connectivity index (χ1) is 18.8. The molecule has 0 atom stereocenters. The molecule has 1 heterocycles. The van der Waals surface area contributed by atoms with Gasteiger partial charge in [0.1, 0.15) is 5.75 Å². The molecule has 0 unspecified atom stereocenters. The van der Waals surface area contributed by atoms with E-state index in [1.807, 2.05) is 0 Å². The summed E-state index contributed by atoms with van der Waals surface area (Å²) in [5.41, 5.74) is 1.71. The van der Waals surface area contributed by atoms with Gasteiger partial charge in [-0.25, -0.2) is 4.68 Å². The molecule has 8 nitrogen and oxygen atoms in total. The zero-order chi connectivity index (χ0) is 29.2. The van der Waals surface area contributed by atoms with E-state index < -0.39 is 17.7 Å². The minimum Gasteiger partial charge on any atom is -0.406 e. The molecular weight excluding hydrogens is 549 g/mol. The zero-order valence-electron chi connectivity index (χ0n) is 21.8. The lowest BCUT2D eigenvalue weighted by Crippen LogP contribution is -2.38. The number of benzene rings is 3. The Balaban J connectivity index is 1.56. The van der Waals surface area contributed by atoms with E-state index in [4.69, 9.17) is 11.6 Å². The number of carbonyl (C=O) groups is 2. The van der Waals surface area contributed by atoms with Gasteiger partial charge in [0.15, 0.2) is 0 Å². The molecule has 0 radical (unpaired) electrons. The summed E-state index contributed by atoms with van der Waals surface area (Å²) in [4.78, 5) is 25.5. The number of nitrogens with one attached hydrogen (secondary N) is 2. The minimum absolute atomic E-state index is 0.133. The SMILES string of the molecule is Cc1cc(-n2ncc3c(NC(=O)c4cc(CNC(=O)C(C)(C)CO)ccc4Cl)cccc32)ccc1OC(F)(F)F. The standard InChI is InChI=1S/C28H26ClF3N4O4/c1-16-11-18(8-10-24(16)40-28(30,31)32)36-23-6-4-5-22(20(23)14-34-36)35-25(38)19-12-17(7-9-21(19)29)13-33-26(39)27(2,3)15-37/h4-12,14,37H,13,15H2,1-3H3,(H,33,39)(H,35,38). The number of halogens is 4. The summed E-state index contributed by atoms with van der Waals surface area (Å²) in [6.45, 7) is 4.55. The maximum atomic E-state index is 13.2. The second-order valence-electron chi connectivity index (χ2n) is 9.79. The van der Waals surface area contributed by atoms with Crippen molar-refractivity contribution in [2.45, 2.75) is 33.7 Å². The number of amides is 2. The van der Waals surface area contributed by atoms with Gasteiger partial charge in [0.2, 0.25) is 5.91 Å². The molecular formula is C28H26ClF3N4O4. The van der Waals surface area contributed by atoms with Crippen LogP contribution < -0.4 is 15.4 Å². The van der Waals surface area contributed by atoms with E-state index in [1.165, 1.54) is 31.3 Å². The molecule has 12 heteroatoms. The Bertz CT molecular complexity index is 1580. The van der Waals surface area contributed by atoms with Gasteiger partial charge >= 0.3 is 6.36 Å². The molecule has 0 saturated heterocycles. The number of aliphatic hydroxyl groups is 1. The van der Waals surface area contributed by atoms with Gasteiger partial charge in [-0.15, -0.1) is 13.2 Å². The number of hydrogen-bond donors (Lipinski definition) is 3. The first kappa shape index (κ1) is 28.9. The van der Waals surface area contributed by atoms with Crippen LogP contribution in [0.4, 0.5) is 18.9 Å². The molecule has 0 aliphatic heterocycles. The van der Waals surface area contributed by atoms with E-state index >= 15 is 0 Å². The highest BCUT2D eigenvalue weighted by Crippen LogP contribution is 2.31. The molecule has 1 aromatic heterocycles. The molecule has 40 heavy (non-hydrogen) atoms. The number of anilines is 1. The van der Waals surface area contributed by atoms with Gasteiger partial charge in [-0.1, -0.05) is 23.7 Å². The van der Waals surface area contributed by atoms with Crippen LogP contribution in [-0.4, -0.2) is 39.7 Å². The largest absolute Gasteiger partial charge is 0.573 e. The van der Waals surface area contributed by atoms with Gasteiger partial charge in [-0.2, -0.15) is 5.10 Å². The number of ether oxygens (including phenoxy) is 1. The third kappa shape index (κ3) is 6.37.